The van der Waals surface area contributed by atoms with Crippen LogP contribution >= 0.6 is 0 Å². The molecule has 1 aliphatic heterocycles. The summed E-state index contributed by atoms with van der Waals surface area (Å²) >= 11 is 0. The van der Waals surface area contributed by atoms with Crippen molar-refractivity contribution in [2.24, 2.45) is 5.92 Å². The van der Waals surface area contributed by atoms with Crippen LogP contribution in [-0.4, -0.2) is 46.2 Å². The molecule has 1 unspecified atom stereocenters. The molecular formula is C19H21N5O2. The highest BCUT2D eigenvalue weighted by atomic mass is 16.6. The minimum atomic E-state index is -0.00629. The van der Waals surface area contributed by atoms with Gasteiger partial charge in [-0.2, -0.15) is 0 Å². The molecule has 0 bridgehead atoms. The van der Waals surface area contributed by atoms with Crippen LogP contribution in [0.1, 0.15) is 18.4 Å². The molecule has 0 N–H and O–H groups in total. The summed E-state index contributed by atoms with van der Waals surface area (Å²) < 4.78 is 4.73. The number of amides is 1. The minimum absolute atomic E-state index is 0.00629. The molecule has 1 saturated heterocycles. The number of benzene rings is 1. The molecule has 0 spiro atoms. The van der Waals surface area contributed by atoms with E-state index in [0.29, 0.717) is 18.6 Å². The minimum Gasteiger partial charge on any atom is -0.356 e. The van der Waals surface area contributed by atoms with E-state index in [-0.39, 0.29) is 11.8 Å². The number of carbonyl (C=O) groups excluding carboxylic acids is 1. The van der Waals surface area contributed by atoms with Crippen LogP contribution in [0.15, 0.2) is 47.2 Å². The first-order chi connectivity index (χ1) is 12.7. The van der Waals surface area contributed by atoms with Gasteiger partial charge in [-0.05, 0) is 53.0 Å². The van der Waals surface area contributed by atoms with Crippen LogP contribution in [0.5, 0.6) is 0 Å². The molecule has 134 valence electrons. The van der Waals surface area contributed by atoms with Crippen molar-refractivity contribution < 1.29 is 9.42 Å². The van der Waals surface area contributed by atoms with E-state index in [1.807, 2.05) is 43.4 Å². The Morgan fingerprint density at radius 2 is 2.15 bits per heavy atom. The Labute approximate surface area is 151 Å². The fraction of sp³-hybridized carbons (Fsp3) is 0.368. The molecule has 7 heteroatoms. The van der Waals surface area contributed by atoms with Gasteiger partial charge >= 0.3 is 0 Å². The third-order valence-electron chi connectivity index (χ3n) is 4.86. The van der Waals surface area contributed by atoms with Crippen molar-refractivity contribution in [3.8, 4) is 0 Å². The zero-order valence-corrected chi connectivity index (χ0v) is 14.7. The molecule has 2 aromatic heterocycles. The average molecular weight is 351 g/mol. The maximum Gasteiger partial charge on any atom is 0.227 e. The molecule has 3 heterocycles. The second-order valence-corrected chi connectivity index (χ2v) is 6.75. The molecule has 0 saturated carbocycles. The maximum atomic E-state index is 12.9. The van der Waals surface area contributed by atoms with Crippen LogP contribution < -0.4 is 4.90 Å². The van der Waals surface area contributed by atoms with Gasteiger partial charge in [-0.1, -0.05) is 12.1 Å². The number of hydrogen-bond donors (Lipinski definition) is 0. The Kier molecular flexibility index (Phi) is 4.51. The molecule has 7 nitrogen and oxygen atoms in total. The Bertz CT molecular complexity index is 895. The van der Waals surface area contributed by atoms with E-state index in [4.69, 9.17) is 4.63 Å². The Morgan fingerprint density at radius 3 is 3.00 bits per heavy atom. The van der Waals surface area contributed by atoms with Crippen molar-refractivity contribution in [1.29, 1.82) is 0 Å². The monoisotopic (exact) mass is 351 g/mol. The summed E-state index contributed by atoms with van der Waals surface area (Å²) in [6.45, 7) is 2.20. The van der Waals surface area contributed by atoms with E-state index in [0.717, 1.165) is 36.3 Å². The molecule has 0 aliphatic carbocycles. The lowest BCUT2D eigenvalue weighted by molar-refractivity contribution is -0.135. The predicted molar refractivity (Wildman–Crippen MR) is 97.5 cm³/mol. The summed E-state index contributed by atoms with van der Waals surface area (Å²) in [5.74, 6) is 1.11. The smallest absolute Gasteiger partial charge is 0.227 e. The van der Waals surface area contributed by atoms with Gasteiger partial charge < -0.3 is 9.80 Å². The first-order valence-corrected chi connectivity index (χ1v) is 8.83. The van der Waals surface area contributed by atoms with Crippen molar-refractivity contribution in [2.75, 3.05) is 25.0 Å². The molecule has 4 rings (SSSR count). The zero-order valence-electron chi connectivity index (χ0n) is 14.7. The number of hydrogen-bond acceptors (Lipinski definition) is 6. The quantitative estimate of drug-likeness (QED) is 0.719. The molecule has 26 heavy (non-hydrogen) atoms. The van der Waals surface area contributed by atoms with E-state index in [1.165, 1.54) is 0 Å². The lowest BCUT2D eigenvalue weighted by Gasteiger charge is -2.34. The first-order valence-electron chi connectivity index (χ1n) is 8.83. The van der Waals surface area contributed by atoms with Gasteiger partial charge in [0, 0.05) is 32.9 Å². The lowest BCUT2D eigenvalue weighted by atomic mass is 9.96. The fourth-order valence-electron chi connectivity index (χ4n) is 3.52. The second-order valence-electron chi connectivity index (χ2n) is 6.75. The number of anilines is 1. The van der Waals surface area contributed by atoms with Crippen molar-refractivity contribution in [3.63, 3.8) is 0 Å². The van der Waals surface area contributed by atoms with Crippen LogP contribution in [0.4, 0.5) is 5.82 Å². The van der Waals surface area contributed by atoms with Crippen molar-refractivity contribution in [3.05, 3.63) is 48.2 Å². The number of carbonyl (C=O) groups is 1. The van der Waals surface area contributed by atoms with E-state index in [9.17, 15) is 4.79 Å². The molecule has 1 aliphatic rings. The van der Waals surface area contributed by atoms with Crippen molar-refractivity contribution >= 4 is 22.8 Å². The predicted octanol–water partition coefficient (Wildman–Crippen LogP) is 2.49. The van der Waals surface area contributed by atoms with E-state index < -0.39 is 0 Å². The summed E-state index contributed by atoms with van der Waals surface area (Å²) in [7, 11) is 1.85. The number of pyridine rings is 1. The van der Waals surface area contributed by atoms with Crippen LogP contribution in [0, 0.1) is 5.92 Å². The van der Waals surface area contributed by atoms with Gasteiger partial charge in [-0.25, -0.2) is 9.61 Å². The molecule has 1 fully saturated rings. The van der Waals surface area contributed by atoms with Crippen LogP contribution in [0.25, 0.3) is 11.0 Å². The lowest BCUT2D eigenvalue weighted by Crippen LogP contribution is -2.43. The normalized spacial score (nSPS) is 17.4. The number of rotatable bonds is 4. The number of fused-ring (bicyclic) bond motifs is 1. The van der Waals surface area contributed by atoms with E-state index in [2.05, 4.69) is 20.2 Å². The molecule has 3 aromatic rings. The zero-order chi connectivity index (χ0) is 17.9. The molecule has 0 radical (unpaired) electrons. The highest BCUT2D eigenvalue weighted by Gasteiger charge is 2.28. The van der Waals surface area contributed by atoms with E-state index >= 15 is 0 Å². The van der Waals surface area contributed by atoms with Crippen molar-refractivity contribution in [1.82, 2.24) is 20.2 Å². The van der Waals surface area contributed by atoms with Gasteiger partial charge in [-0.3, -0.25) is 4.79 Å². The topological polar surface area (TPSA) is 75.4 Å². The summed E-state index contributed by atoms with van der Waals surface area (Å²) in [4.78, 5) is 21.3. The fourth-order valence-corrected chi connectivity index (χ4v) is 3.52. The average Bonchev–Trinajstić information content (AvgIpc) is 3.16. The molecule has 1 atom stereocenters. The largest absolute Gasteiger partial charge is 0.356 e. The number of aromatic nitrogens is 3. The molecule has 1 aromatic carbocycles. The summed E-state index contributed by atoms with van der Waals surface area (Å²) in [5, 5.41) is 7.67. The van der Waals surface area contributed by atoms with Gasteiger partial charge in [0.2, 0.25) is 5.91 Å². The Hall–Kier alpha value is -2.96. The second kappa shape index (κ2) is 7.11. The summed E-state index contributed by atoms with van der Waals surface area (Å²) in [5.41, 5.74) is 2.45. The molecular weight excluding hydrogens is 330 g/mol. The van der Waals surface area contributed by atoms with E-state index in [1.54, 1.807) is 11.1 Å². The van der Waals surface area contributed by atoms with Gasteiger partial charge in [0.15, 0.2) is 0 Å². The summed E-state index contributed by atoms with van der Waals surface area (Å²) in [6, 6.07) is 11.6. The third-order valence-corrected chi connectivity index (χ3v) is 4.86. The van der Waals surface area contributed by atoms with Crippen LogP contribution in [-0.2, 0) is 11.3 Å². The Balaban J connectivity index is 1.42. The standard InChI is InChI=1S/C19H21N5O2/c1-23(12-14-7-8-16-17(11-14)22-26-21-16)19(25)15-5-4-10-24(13-15)18-6-2-3-9-20-18/h2-3,6-9,11,15H,4-5,10,12-13H2,1H3. The SMILES string of the molecule is CN(Cc1ccc2nonc2c1)C(=O)C1CCCN(c2ccccn2)C1. The van der Waals surface area contributed by atoms with Gasteiger partial charge in [-0.15, -0.1) is 0 Å². The third kappa shape index (κ3) is 3.37. The van der Waals surface area contributed by atoms with Crippen LogP contribution in [0.3, 0.4) is 0 Å². The molecule has 1 amide bonds. The Morgan fingerprint density at radius 1 is 1.27 bits per heavy atom. The maximum absolute atomic E-state index is 12.9. The van der Waals surface area contributed by atoms with Gasteiger partial charge in [0.25, 0.3) is 0 Å². The summed E-state index contributed by atoms with van der Waals surface area (Å²) in [6.07, 6.45) is 3.71. The van der Waals surface area contributed by atoms with Gasteiger partial charge in [0.05, 0.1) is 5.92 Å². The van der Waals surface area contributed by atoms with Gasteiger partial charge in [0.1, 0.15) is 16.9 Å². The highest BCUT2D eigenvalue weighted by Crippen LogP contribution is 2.23. The number of piperidine rings is 1. The van der Waals surface area contributed by atoms with Crippen molar-refractivity contribution in [2.45, 2.75) is 19.4 Å². The highest BCUT2D eigenvalue weighted by molar-refractivity contribution is 5.80. The first kappa shape index (κ1) is 16.5. The van der Waals surface area contributed by atoms with Crippen LogP contribution in [0.2, 0.25) is 0 Å². The number of nitrogens with zero attached hydrogens (tertiary/aromatic N) is 5.